The van der Waals surface area contributed by atoms with Crippen molar-refractivity contribution in [3.05, 3.63) is 60.4 Å². The van der Waals surface area contributed by atoms with Gasteiger partial charge in [0, 0.05) is 37.9 Å². The number of benzene rings is 2. The van der Waals surface area contributed by atoms with E-state index in [0.717, 1.165) is 26.2 Å². The molecule has 0 atom stereocenters. The van der Waals surface area contributed by atoms with Gasteiger partial charge in [-0.05, 0) is 24.3 Å². The normalized spacial score (nSPS) is 14.9. The van der Waals surface area contributed by atoms with E-state index in [0.29, 0.717) is 25.4 Å². The Morgan fingerprint density at radius 2 is 1.81 bits per heavy atom. The summed E-state index contributed by atoms with van der Waals surface area (Å²) in [5, 5.41) is 2.84. The molecule has 0 aliphatic carbocycles. The van der Waals surface area contributed by atoms with E-state index in [2.05, 4.69) is 27.2 Å². The summed E-state index contributed by atoms with van der Waals surface area (Å²) in [6.07, 6.45) is 0. The zero-order chi connectivity index (χ0) is 18.2. The lowest BCUT2D eigenvalue weighted by atomic mass is 10.2. The predicted octanol–water partition coefficient (Wildman–Crippen LogP) is 2.14. The number of para-hydroxylation sites is 1. The van der Waals surface area contributed by atoms with E-state index in [1.165, 1.54) is 17.8 Å². The zero-order valence-electron chi connectivity index (χ0n) is 14.7. The Morgan fingerprint density at radius 3 is 2.54 bits per heavy atom. The summed E-state index contributed by atoms with van der Waals surface area (Å²) in [5.41, 5.74) is 1.23. The van der Waals surface area contributed by atoms with Crippen LogP contribution in [0.3, 0.4) is 0 Å². The molecule has 1 saturated heterocycles. The molecule has 0 bridgehead atoms. The third-order valence-corrected chi connectivity index (χ3v) is 4.35. The minimum Gasteiger partial charge on any atom is -0.492 e. The Hall–Kier alpha value is -2.60. The van der Waals surface area contributed by atoms with Gasteiger partial charge in [0.1, 0.15) is 18.2 Å². The minimum atomic E-state index is -0.332. The molecule has 6 heteroatoms. The fourth-order valence-electron chi connectivity index (χ4n) is 2.98. The second-order valence-electron chi connectivity index (χ2n) is 6.25. The van der Waals surface area contributed by atoms with E-state index in [9.17, 15) is 9.18 Å². The SMILES string of the molecule is O=C(CN1CCN(c2ccccc2)CC1)NCCOc1cccc(F)c1. The van der Waals surface area contributed by atoms with Crippen LogP contribution < -0.4 is 15.0 Å². The van der Waals surface area contributed by atoms with Crippen molar-refractivity contribution >= 4 is 11.6 Å². The number of nitrogens with zero attached hydrogens (tertiary/aromatic N) is 2. The highest BCUT2D eigenvalue weighted by atomic mass is 19.1. The summed E-state index contributed by atoms with van der Waals surface area (Å²) in [5.74, 6) is 0.124. The number of carbonyl (C=O) groups excluding carboxylic acids is 1. The highest BCUT2D eigenvalue weighted by molar-refractivity contribution is 5.78. The van der Waals surface area contributed by atoms with Crippen LogP contribution in [-0.4, -0.2) is 56.7 Å². The van der Waals surface area contributed by atoms with Crippen molar-refractivity contribution in [2.24, 2.45) is 0 Å². The molecule has 1 heterocycles. The van der Waals surface area contributed by atoms with Crippen molar-refractivity contribution < 1.29 is 13.9 Å². The summed E-state index contributed by atoms with van der Waals surface area (Å²) in [6.45, 7) is 4.67. The molecule has 1 amide bonds. The minimum absolute atomic E-state index is 0.0130. The van der Waals surface area contributed by atoms with E-state index < -0.39 is 0 Å². The quantitative estimate of drug-likeness (QED) is 0.771. The van der Waals surface area contributed by atoms with Crippen molar-refractivity contribution in [2.45, 2.75) is 0 Å². The molecule has 0 spiro atoms. The van der Waals surface area contributed by atoms with Crippen LogP contribution in [0.4, 0.5) is 10.1 Å². The number of anilines is 1. The van der Waals surface area contributed by atoms with Gasteiger partial charge >= 0.3 is 0 Å². The first kappa shape index (κ1) is 18.2. The smallest absolute Gasteiger partial charge is 0.234 e. The van der Waals surface area contributed by atoms with Gasteiger partial charge in [-0.15, -0.1) is 0 Å². The maximum absolute atomic E-state index is 13.0. The second kappa shape index (κ2) is 9.20. The van der Waals surface area contributed by atoms with Gasteiger partial charge in [0.15, 0.2) is 0 Å². The van der Waals surface area contributed by atoms with Gasteiger partial charge in [0.25, 0.3) is 0 Å². The fourth-order valence-corrected chi connectivity index (χ4v) is 2.98. The molecule has 2 aromatic rings. The van der Waals surface area contributed by atoms with Gasteiger partial charge in [0.05, 0.1) is 13.1 Å². The van der Waals surface area contributed by atoms with E-state index >= 15 is 0 Å². The van der Waals surface area contributed by atoms with Crippen molar-refractivity contribution in [3.8, 4) is 5.75 Å². The lowest BCUT2D eigenvalue weighted by Crippen LogP contribution is -2.49. The maximum atomic E-state index is 13.0. The molecule has 1 aliphatic rings. The third kappa shape index (κ3) is 5.46. The number of hydrogen-bond donors (Lipinski definition) is 1. The van der Waals surface area contributed by atoms with Crippen molar-refractivity contribution in [3.63, 3.8) is 0 Å². The molecule has 0 unspecified atom stereocenters. The van der Waals surface area contributed by atoms with Gasteiger partial charge in [-0.25, -0.2) is 4.39 Å². The molecule has 3 rings (SSSR count). The topological polar surface area (TPSA) is 44.8 Å². The van der Waals surface area contributed by atoms with Crippen LogP contribution in [0.15, 0.2) is 54.6 Å². The first-order valence-electron chi connectivity index (χ1n) is 8.88. The maximum Gasteiger partial charge on any atom is 0.234 e. The summed E-state index contributed by atoms with van der Waals surface area (Å²) in [6, 6.07) is 16.3. The van der Waals surface area contributed by atoms with Crippen LogP contribution in [0.5, 0.6) is 5.75 Å². The molecule has 0 saturated carbocycles. The molecule has 1 aliphatic heterocycles. The average molecular weight is 357 g/mol. The largest absolute Gasteiger partial charge is 0.492 e. The van der Waals surface area contributed by atoms with Gasteiger partial charge in [-0.2, -0.15) is 0 Å². The molecule has 138 valence electrons. The van der Waals surface area contributed by atoms with Gasteiger partial charge in [-0.1, -0.05) is 24.3 Å². The van der Waals surface area contributed by atoms with E-state index in [-0.39, 0.29) is 11.7 Å². The molecule has 26 heavy (non-hydrogen) atoms. The third-order valence-electron chi connectivity index (χ3n) is 4.35. The number of hydrogen-bond acceptors (Lipinski definition) is 4. The highest BCUT2D eigenvalue weighted by Crippen LogP contribution is 2.15. The summed E-state index contributed by atoms with van der Waals surface area (Å²) < 4.78 is 18.5. The molecule has 5 nitrogen and oxygen atoms in total. The van der Waals surface area contributed by atoms with E-state index in [1.54, 1.807) is 12.1 Å². The van der Waals surface area contributed by atoms with Crippen LogP contribution in [0.1, 0.15) is 0 Å². The lowest BCUT2D eigenvalue weighted by Gasteiger charge is -2.35. The number of halogens is 1. The number of ether oxygens (including phenoxy) is 1. The fraction of sp³-hybridized carbons (Fsp3) is 0.350. The van der Waals surface area contributed by atoms with Crippen LogP contribution in [0.2, 0.25) is 0 Å². The summed E-state index contributed by atoms with van der Waals surface area (Å²) >= 11 is 0. The van der Waals surface area contributed by atoms with E-state index in [4.69, 9.17) is 4.74 Å². The zero-order valence-corrected chi connectivity index (χ0v) is 14.7. The highest BCUT2D eigenvalue weighted by Gasteiger charge is 2.18. The van der Waals surface area contributed by atoms with Crippen molar-refractivity contribution in [1.82, 2.24) is 10.2 Å². The molecular formula is C20H24FN3O2. The lowest BCUT2D eigenvalue weighted by molar-refractivity contribution is -0.122. The Morgan fingerprint density at radius 1 is 1.04 bits per heavy atom. The van der Waals surface area contributed by atoms with Crippen LogP contribution in [0, 0.1) is 5.82 Å². The molecular weight excluding hydrogens is 333 g/mol. The summed E-state index contributed by atoms with van der Waals surface area (Å²) in [4.78, 5) is 16.5. The Balaban J connectivity index is 1.32. The number of carbonyl (C=O) groups is 1. The van der Waals surface area contributed by atoms with Crippen LogP contribution in [0.25, 0.3) is 0 Å². The summed E-state index contributed by atoms with van der Waals surface area (Å²) in [7, 11) is 0. The Labute approximate surface area is 153 Å². The van der Waals surface area contributed by atoms with Crippen LogP contribution in [-0.2, 0) is 4.79 Å². The molecule has 1 fully saturated rings. The predicted molar refractivity (Wildman–Crippen MR) is 100.0 cm³/mol. The molecule has 1 N–H and O–H groups in total. The molecule has 2 aromatic carbocycles. The van der Waals surface area contributed by atoms with Gasteiger partial charge in [0.2, 0.25) is 5.91 Å². The van der Waals surface area contributed by atoms with Crippen molar-refractivity contribution in [1.29, 1.82) is 0 Å². The Kier molecular flexibility index (Phi) is 6.44. The van der Waals surface area contributed by atoms with Gasteiger partial charge in [-0.3, -0.25) is 9.69 Å². The first-order valence-corrected chi connectivity index (χ1v) is 8.88. The monoisotopic (exact) mass is 357 g/mol. The average Bonchev–Trinajstić information content (AvgIpc) is 2.67. The second-order valence-corrected chi connectivity index (χ2v) is 6.25. The number of amides is 1. The van der Waals surface area contributed by atoms with E-state index in [1.807, 2.05) is 18.2 Å². The molecule has 0 radical (unpaired) electrons. The Bertz CT molecular complexity index is 703. The molecule has 0 aromatic heterocycles. The van der Waals surface area contributed by atoms with Crippen LogP contribution >= 0.6 is 0 Å². The number of nitrogens with one attached hydrogen (secondary N) is 1. The van der Waals surface area contributed by atoms with Crippen molar-refractivity contribution in [2.75, 3.05) is 50.8 Å². The first-order chi connectivity index (χ1) is 12.7. The van der Waals surface area contributed by atoms with Gasteiger partial charge < -0.3 is 15.0 Å². The number of rotatable bonds is 7. The standard InChI is InChI=1S/C20H24FN3O2/c21-17-5-4-8-19(15-17)26-14-9-22-20(25)16-23-10-12-24(13-11-23)18-6-2-1-3-7-18/h1-8,15H,9-14,16H2,(H,22,25). The number of piperazine rings is 1.